The summed E-state index contributed by atoms with van der Waals surface area (Å²) in [5, 5.41) is 10.3. The number of amides is 2. The molecule has 0 aliphatic carbocycles. The van der Waals surface area contributed by atoms with Crippen LogP contribution in [0.2, 0.25) is 0 Å². The number of ether oxygens (including phenoxy) is 2. The van der Waals surface area contributed by atoms with E-state index in [0.29, 0.717) is 23.9 Å². The van der Waals surface area contributed by atoms with E-state index in [0.717, 1.165) is 22.6 Å². The number of carbonyl (C=O) groups excluding carboxylic acids is 3. The predicted molar refractivity (Wildman–Crippen MR) is 128 cm³/mol. The highest BCUT2D eigenvalue weighted by molar-refractivity contribution is 7.98. The molecule has 0 bridgehead atoms. The molecule has 34 heavy (non-hydrogen) atoms. The van der Waals surface area contributed by atoms with Crippen LogP contribution in [0.3, 0.4) is 0 Å². The van der Waals surface area contributed by atoms with Crippen LogP contribution in [0, 0.1) is 0 Å². The number of methoxy groups -OCH3 is 2. The zero-order chi connectivity index (χ0) is 24.1. The minimum absolute atomic E-state index is 0.0535. The molecule has 1 aromatic heterocycles. The molecule has 3 aromatic rings. The smallest absolute Gasteiger partial charge is 0.338 e. The van der Waals surface area contributed by atoms with Crippen molar-refractivity contribution < 1.29 is 23.9 Å². The number of esters is 1. The van der Waals surface area contributed by atoms with E-state index in [4.69, 9.17) is 9.47 Å². The summed E-state index contributed by atoms with van der Waals surface area (Å²) in [5.74, 6) is 1.28. The number of hydrogen-bond acceptors (Lipinski definition) is 7. The standard InChI is InChI=1S/C24H24N4O5S/c1-32-16-9-7-15(8-10-16)11-25-21(29)12-28-22(19-13-34-14-20(19)27-28)26-23(30)17-5-3-4-6-18(17)24(31)33-2/h3-10H,11-14H2,1-2H3,(H,25,29)(H,26,30). The molecule has 0 spiro atoms. The molecule has 2 amide bonds. The predicted octanol–water partition coefficient (Wildman–Crippen LogP) is 2.99. The molecule has 2 heterocycles. The Hall–Kier alpha value is -3.79. The van der Waals surface area contributed by atoms with Crippen molar-refractivity contribution in [2.45, 2.75) is 24.6 Å². The highest BCUT2D eigenvalue weighted by atomic mass is 32.2. The number of rotatable bonds is 8. The van der Waals surface area contributed by atoms with Crippen molar-refractivity contribution in [2.24, 2.45) is 0 Å². The summed E-state index contributed by atoms with van der Waals surface area (Å²) >= 11 is 1.68. The second-order valence-corrected chi connectivity index (χ2v) is 8.53. The maximum atomic E-state index is 13.1. The van der Waals surface area contributed by atoms with Gasteiger partial charge in [-0.15, -0.1) is 0 Å². The fourth-order valence-corrected chi connectivity index (χ4v) is 4.64. The second kappa shape index (κ2) is 10.4. The normalized spacial score (nSPS) is 12.1. The average molecular weight is 481 g/mol. The van der Waals surface area contributed by atoms with Crippen molar-refractivity contribution in [1.29, 1.82) is 0 Å². The van der Waals surface area contributed by atoms with Gasteiger partial charge in [-0.25, -0.2) is 9.48 Å². The number of aromatic nitrogens is 2. The van der Waals surface area contributed by atoms with E-state index in [1.165, 1.54) is 17.9 Å². The van der Waals surface area contributed by atoms with Crippen molar-refractivity contribution in [3.05, 3.63) is 76.5 Å². The van der Waals surface area contributed by atoms with E-state index in [1.54, 1.807) is 37.1 Å². The lowest BCUT2D eigenvalue weighted by atomic mass is 10.1. The molecular formula is C24H24N4O5S. The van der Waals surface area contributed by atoms with Crippen molar-refractivity contribution >= 4 is 35.4 Å². The van der Waals surface area contributed by atoms with Crippen molar-refractivity contribution in [2.75, 3.05) is 19.5 Å². The molecule has 1 aliphatic rings. The molecule has 4 rings (SSSR count). The third kappa shape index (κ3) is 5.07. The van der Waals surface area contributed by atoms with E-state index >= 15 is 0 Å². The number of fused-ring (bicyclic) bond motifs is 1. The third-order valence-corrected chi connectivity index (χ3v) is 6.34. The molecule has 0 unspecified atom stereocenters. The van der Waals surface area contributed by atoms with Crippen LogP contribution in [0.1, 0.15) is 37.5 Å². The Morgan fingerprint density at radius 3 is 2.47 bits per heavy atom. The lowest BCUT2D eigenvalue weighted by Crippen LogP contribution is -2.29. The van der Waals surface area contributed by atoms with Crippen molar-refractivity contribution in [1.82, 2.24) is 15.1 Å². The number of nitrogens with zero attached hydrogens (tertiary/aromatic N) is 2. The number of nitrogens with one attached hydrogen (secondary N) is 2. The van der Waals surface area contributed by atoms with E-state index in [-0.39, 0.29) is 23.6 Å². The summed E-state index contributed by atoms with van der Waals surface area (Å²) in [4.78, 5) is 37.8. The Kier molecular flexibility index (Phi) is 7.17. The first-order valence-electron chi connectivity index (χ1n) is 10.5. The van der Waals surface area contributed by atoms with Crippen LogP contribution in [0.4, 0.5) is 5.82 Å². The van der Waals surface area contributed by atoms with E-state index < -0.39 is 11.9 Å². The van der Waals surface area contributed by atoms with Crippen LogP contribution in [0.5, 0.6) is 5.75 Å². The van der Waals surface area contributed by atoms with Crippen LogP contribution in [-0.2, 0) is 34.1 Å². The first-order chi connectivity index (χ1) is 16.5. The summed E-state index contributed by atoms with van der Waals surface area (Å²) in [6.45, 7) is 0.302. The molecule has 0 atom stereocenters. The molecule has 0 fully saturated rings. The topological polar surface area (TPSA) is 112 Å². The maximum Gasteiger partial charge on any atom is 0.338 e. The Labute approximate surface area is 200 Å². The third-order valence-electron chi connectivity index (χ3n) is 5.37. The first-order valence-corrected chi connectivity index (χ1v) is 11.7. The molecule has 0 saturated heterocycles. The Morgan fingerprint density at radius 1 is 1.03 bits per heavy atom. The highest BCUT2D eigenvalue weighted by Gasteiger charge is 2.26. The van der Waals surface area contributed by atoms with Crippen LogP contribution in [0.25, 0.3) is 0 Å². The van der Waals surface area contributed by atoms with Crippen molar-refractivity contribution in [3.8, 4) is 5.75 Å². The molecule has 0 saturated carbocycles. The fraction of sp³-hybridized carbons (Fsp3) is 0.250. The second-order valence-electron chi connectivity index (χ2n) is 7.54. The summed E-state index contributed by atoms with van der Waals surface area (Å²) < 4.78 is 11.4. The van der Waals surface area contributed by atoms with Gasteiger partial charge in [-0.1, -0.05) is 24.3 Å². The quantitative estimate of drug-likeness (QED) is 0.477. The largest absolute Gasteiger partial charge is 0.497 e. The van der Waals surface area contributed by atoms with Gasteiger partial charge in [0, 0.05) is 23.6 Å². The summed E-state index contributed by atoms with van der Waals surface area (Å²) in [6.07, 6.45) is 0. The summed E-state index contributed by atoms with van der Waals surface area (Å²) in [5.41, 5.74) is 3.00. The van der Waals surface area contributed by atoms with Gasteiger partial charge in [0.05, 0.1) is 31.0 Å². The molecular weight excluding hydrogens is 456 g/mol. The molecule has 2 aromatic carbocycles. The van der Waals surface area contributed by atoms with Crippen LogP contribution >= 0.6 is 11.8 Å². The summed E-state index contributed by atoms with van der Waals surface area (Å²) in [7, 11) is 2.86. The minimum Gasteiger partial charge on any atom is -0.497 e. The van der Waals surface area contributed by atoms with Gasteiger partial charge in [0.15, 0.2) is 0 Å². The average Bonchev–Trinajstić information content (AvgIpc) is 3.44. The van der Waals surface area contributed by atoms with Gasteiger partial charge in [0.25, 0.3) is 5.91 Å². The van der Waals surface area contributed by atoms with Crippen LogP contribution in [-0.4, -0.2) is 41.8 Å². The van der Waals surface area contributed by atoms with E-state index in [2.05, 4.69) is 15.7 Å². The molecule has 176 valence electrons. The van der Waals surface area contributed by atoms with Crippen LogP contribution in [0.15, 0.2) is 48.5 Å². The number of carbonyl (C=O) groups is 3. The maximum absolute atomic E-state index is 13.1. The molecule has 2 N–H and O–H groups in total. The van der Waals surface area contributed by atoms with Gasteiger partial charge in [0.2, 0.25) is 5.91 Å². The molecule has 10 heteroatoms. The van der Waals surface area contributed by atoms with Crippen molar-refractivity contribution in [3.63, 3.8) is 0 Å². The number of hydrogen-bond donors (Lipinski definition) is 2. The SMILES string of the molecule is COC(=O)c1ccccc1C(=O)Nc1c2c(nn1CC(=O)NCc1ccc(OC)cc1)CSC2. The number of benzene rings is 2. The molecule has 9 nitrogen and oxygen atoms in total. The highest BCUT2D eigenvalue weighted by Crippen LogP contribution is 2.35. The fourth-order valence-electron chi connectivity index (χ4n) is 3.60. The Bertz CT molecular complexity index is 1220. The first kappa shape index (κ1) is 23.4. The van der Waals surface area contributed by atoms with Gasteiger partial charge in [-0.3, -0.25) is 9.59 Å². The Balaban J connectivity index is 1.49. The monoisotopic (exact) mass is 480 g/mol. The van der Waals surface area contributed by atoms with E-state index in [1.807, 2.05) is 24.3 Å². The minimum atomic E-state index is -0.599. The number of thioether (sulfide) groups is 1. The summed E-state index contributed by atoms with van der Waals surface area (Å²) in [6, 6.07) is 13.8. The van der Waals surface area contributed by atoms with Gasteiger partial charge < -0.3 is 20.1 Å². The zero-order valence-electron chi connectivity index (χ0n) is 18.8. The zero-order valence-corrected chi connectivity index (χ0v) is 19.6. The molecule has 0 radical (unpaired) electrons. The Morgan fingerprint density at radius 2 is 1.76 bits per heavy atom. The van der Waals surface area contributed by atoms with Gasteiger partial charge in [-0.2, -0.15) is 16.9 Å². The van der Waals surface area contributed by atoms with E-state index in [9.17, 15) is 14.4 Å². The van der Waals surface area contributed by atoms with Gasteiger partial charge in [0.1, 0.15) is 18.1 Å². The lowest BCUT2D eigenvalue weighted by molar-refractivity contribution is -0.122. The molecule has 1 aliphatic heterocycles. The van der Waals surface area contributed by atoms with Crippen LogP contribution < -0.4 is 15.4 Å². The van der Waals surface area contributed by atoms with Gasteiger partial charge in [-0.05, 0) is 29.8 Å². The lowest BCUT2D eigenvalue weighted by Gasteiger charge is -2.13. The van der Waals surface area contributed by atoms with Gasteiger partial charge >= 0.3 is 5.97 Å². The number of anilines is 1.